The van der Waals surface area contributed by atoms with E-state index in [1.165, 1.54) is 0 Å². The summed E-state index contributed by atoms with van der Waals surface area (Å²) in [5, 5.41) is 10.1. The first kappa shape index (κ1) is 24.4. The van der Waals surface area contributed by atoms with Gasteiger partial charge in [0.15, 0.2) is 5.69 Å². The predicted molar refractivity (Wildman–Crippen MR) is 136 cm³/mol. The number of benzene rings is 3. The Labute approximate surface area is 208 Å². The van der Waals surface area contributed by atoms with E-state index >= 15 is 0 Å². The molecule has 182 valence electrons. The Morgan fingerprint density at radius 3 is 2.22 bits per heavy atom. The molecule has 0 bridgehead atoms. The van der Waals surface area contributed by atoms with Crippen molar-refractivity contribution >= 4 is 23.5 Å². The van der Waals surface area contributed by atoms with Crippen LogP contribution < -0.4 is 10.6 Å². The van der Waals surface area contributed by atoms with Gasteiger partial charge in [0.1, 0.15) is 0 Å². The number of esters is 1. The zero-order valence-corrected chi connectivity index (χ0v) is 19.8. The van der Waals surface area contributed by atoms with Crippen molar-refractivity contribution in [3.8, 4) is 5.69 Å². The van der Waals surface area contributed by atoms with Gasteiger partial charge in [-0.2, -0.15) is 5.10 Å². The van der Waals surface area contributed by atoms with E-state index in [4.69, 9.17) is 4.74 Å². The molecule has 0 aliphatic carbocycles. The smallest absolute Gasteiger partial charge is 0.358 e. The van der Waals surface area contributed by atoms with Crippen molar-refractivity contribution in [2.75, 3.05) is 11.9 Å². The van der Waals surface area contributed by atoms with E-state index in [-0.39, 0.29) is 30.5 Å². The van der Waals surface area contributed by atoms with Crippen LogP contribution in [0.25, 0.3) is 5.69 Å². The summed E-state index contributed by atoms with van der Waals surface area (Å²) in [4.78, 5) is 37.4. The first-order valence-electron chi connectivity index (χ1n) is 11.6. The van der Waals surface area contributed by atoms with E-state index in [9.17, 15) is 14.4 Å². The van der Waals surface area contributed by atoms with Gasteiger partial charge in [0.2, 0.25) is 5.91 Å². The summed E-state index contributed by atoms with van der Waals surface area (Å²) >= 11 is 0. The van der Waals surface area contributed by atoms with Gasteiger partial charge in [-0.25, -0.2) is 9.48 Å². The van der Waals surface area contributed by atoms with Gasteiger partial charge >= 0.3 is 5.97 Å². The van der Waals surface area contributed by atoms with Crippen LogP contribution in [-0.2, 0) is 9.53 Å². The molecule has 4 rings (SSSR count). The van der Waals surface area contributed by atoms with E-state index in [1.807, 2.05) is 36.4 Å². The second-order valence-electron chi connectivity index (χ2n) is 7.97. The van der Waals surface area contributed by atoms with Gasteiger partial charge in [0, 0.05) is 17.4 Å². The van der Waals surface area contributed by atoms with E-state index in [0.717, 1.165) is 11.3 Å². The minimum Gasteiger partial charge on any atom is -0.461 e. The number of nitrogens with one attached hydrogen (secondary N) is 2. The molecule has 1 heterocycles. The third-order valence-corrected chi connectivity index (χ3v) is 5.42. The number of carbonyl (C=O) groups is 3. The number of nitrogens with zero attached hydrogens (tertiary/aromatic N) is 2. The van der Waals surface area contributed by atoms with Gasteiger partial charge in [-0.1, -0.05) is 48.5 Å². The molecule has 4 aromatic rings. The molecule has 36 heavy (non-hydrogen) atoms. The van der Waals surface area contributed by atoms with Crippen LogP contribution in [0.5, 0.6) is 0 Å². The summed E-state index contributed by atoms with van der Waals surface area (Å²) in [6.45, 7) is 2.02. The highest BCUT2D eigenvalue weighted by Gasteiger charge is 2.19. The number of amides is 2. The number of hydrogen-bond donors (Lipinski definition) is 2. The largest absolute Gasteiger partial charge is 0.461 e. The maximum atomic E-state index is 12.9. The zero-order chi connectivity index (χ0) is 25.3. The van der Waals surface area contributed by atoms with Crippen molar-refractivity contribution in [2.24, 2.45) is 0 Å². The van der Waals surface area contributed by atoms with Gasteiger partial charge < -0.3 is 15.4 Å². The van der Waals surface area contributed by atoms with E-state index < -0.39 is 12.0 Å². The second kappa shape index (κ2) is 11.6. The Hall–Kier alpha value is -4.72. The van der Waals surface area contributed by atoms with Crippen LogP contribution in [-0.4, -0.2) is 34.2 Å². The Balaban J connectivity index is 1.42. The zero-order valence-electron chi connectivity index (χ0n) is 19.8. The normalized spacial score (nSPS) is 11.4. The number of ether oxygens (including phenoxy) is 1. The SMILES string of the molecule is CCOC(=O)c1ccn(-c2ccc(NC(=O)CC(NC(=O)c3ccccc3)c3ccccc3)cc2)n1. The molecule has 0 aliphatic heterocycles. The average molecular weight is 483 g/mol. The Morgan fingerprint density at radius 2 is 1.56 bits per heavy atom. The molecule has 3 aromatic carbocycles. The molecular weight excluding hydrogens is 456 g/mol. The number of aromatic nitrogens is 2. The van der Waals surface area contributed by atoms with Gasteiger partial charge in [-0.3, -0.25) is 9.59 Å². The van der Waals surface area contributed by atoms with Crippen molar-refractivity contribution in [1.29, 1.82) is 0 Å². The fraction of sp³-hybridized carbons (Fsp3) is 0.143. The van der Waals surface area contributed by atoms with Crippen LogP contribution >= 0.6 is 0 Å². The maximum Gasteiger partial charge on any atom is 0.358 e. The van der Waals surface area contributed by atoms with Crippen LogP contribution in [0.2, 0.25) is 0 Å². The lowest BCUT2D eigenvalue weighted by atomic mass is 10.0. The quantitative estimate of drug-likeness (QED) is 0.341. The van der Waals surface area contributed by atoms with Crippen LogP contribution in [0.15, 0.2) is 97.2 Å². The van der Waals surface area contributed by atoms with Crippen molar-refractivity contribution in [3.05, 3.63) is 114 Å². The molecule has 8 heteroatoms. The molecule has 1 aromatic heterocycles. The molecule has 0 spiro atoms. The number of carbonyl (C=O) groups excluding carboxylic acids is 3. The molecule has 1 atom stereocenters. The number of rotatable bonds is 9. The van der Waals surface area contributed by atoms with Gasteiger partial charge in [0.25, 0.3) is 5.91 Å². The third kappa shape index (κ3) is 6.24. The lowest BCUT2D eigenvalue weighted by Gasteiger charge is -2.19. The summed E-state index contributed by atoms with van der Waals surface area (Å²) in [5.74, 6) is -0.968. The van der Waals surface area contributed by atoms with Gasteiger partial charge in [-0.05, 0) is 55.0 Å². The Kier molecular flexibility index (Phi) is 7.87. The maximum absolute atomic E-state index is 12.9. The van der Waals surface area contributed by atoms with E-state index in [1.54, 1.807) is 72.4 Å². The number of hydrogen-bond acceptors (Lipinski definition) is 5. The summed E-state index contributed by atoms with van der Waals surface area (Å²) in [6, 6.07) is 26.4. The molecular formula is C28H26N4O4. The molecule has 2 amide bonds. The van der Waals surface area contributed by atoms with E-state index in [0.29, 0.717) is 11.3 Å². The Morgan fingerprint density at radius 1 is 0.889 bits per heavy atom. The molecule has 0 radical (unpaired) electrons. The number of anilines is 1. The molecule has 1 unspecified atom stereocenters. The lowest BCUT2D eigenvalue weighted by molar-refractivity contribution is -0.116. The fourth-order valence-electron chi connectivity index (χ4n) is 3.65. The molecule has 0 saturated carbocycles. The summed E-state index contributed by atoms with van der Waals surface area (Å²) in [6.07, 6.45) is 1.73. The molecule has 0 aliphatic rings. The predicted octanol–water partition coefficient (Wildman–Crippen LogP) is 4.55. The monoisotopic (exact) mass is 482 g/mol. The highest BCUT2D eigenvalue weighted by molar-refractivity contribution is 5.96. The van der Waals surface area contributed by atoms with Crippen LogP contribution in [0.1, 0.15) is 45.8 Å². The van der Waals surface area contributed by atoms with Crippen molar-refractivity contribution in [3.63, 3.8) is 0 Å². The fourth-order valence-corrected chi connectivity index (χ4v) is 3.65. The average Bonchev–Trinajstić information content (AvgIpc) is 3.40. The lowest BCUT2D eigenvalue weighted by Crippen LogP contribution is -2.31. The summed E-state index contributed by atoms with van der Waals surface area (Å²) in [7, 11) is 0. The van der Waals surface area contributed by atoms with Crippen molar-refractivity contribution in [1.82, 2.24) is 15.1 Å². The first-order valence-corrected chi connectivity index (χ1v) is 11.6. The van der Waals surface area contributed by atoms with Crippen molar-refractivity contribution < 1.29 is 19.1 Å². The van der Waals surface area contributed by atoms with E-state index in [2.05, 4.69) is 15.7 Å². The van der Waals surface area contributed by atoms with Gasteiger partial charge in [0.05, 0.1) is 24.8 Å². The highest BCUT2D eigenvalue weighted by atomic mass is 16.5. The minimum atomic E-state index is -0.497. The summed E-state index contributed by atoms with van der Waals surface area (Å²) < 4.78 is 6.52. The molecule has 8 nitrogen and oxygen atoms in total. The topological polar surface area (TPSA) is 102 Å². The standard InChI is InChI=1S/C28H26N4O4/c1-2-36-28(35)24-17-18-32(31-24)23-15-13-22(14-16-23)29-26(33)19-25(20-9-5-3-6-10-20)30-27(34)21-11-7-4-8-12-21/h3-18,25H,2,19H2,1H3,(H,29,33)(H,30,34). The first-order chi connectivity index (χ1) is 17.5. The molecule has 0 fully saturated rings. The second-order valence-corrected chi connectivity index (χ2v) is 7.97. The Bertz CT molecular complexity index is 1320. The van der Waals surface area contributed by atoms with Crippen molar-refractivity contribution in [2.45, 2.75) is 19.4 Å². The summed E-state index contributed by atoms with van der Waals surface area (Å²) in [5.41, 5.74) is 2.91. The highest BCUT2D eigenvalue weighted by Crippen LogP contribution is 2.20. The minimum absolute atomic E-state index is 0.0619. The van der Waals surface area contributed by atoms with Gasteiger partial charge in [-0.15, -0.1) is 0 Å². The van der Waals surface area contributed by atoms with Crippen LogP contribution in [0.4, 0.5) is 5.69 Å². The van der Waals surface area contributed by atoms with Crippen LogP contribution in [0.3, 0.4) is 0 Å². The molecule has 2 N–H and O–H groups in total. The third-order valence-electron chi connectivity index (χ3n) is 5.42. The van der Waals surface area contributed by atoms with Crippen LogP contribution in [0, 0.1) is 0 Å². The molecule has 0 saturated heterocycles.